The summed E-state index contributed by atoms with van der Waals surface area (Å²) in [5, 5.41) is 24.9. The molecule has 676 valence electrons. The van der Waals surface area contributed by atoms with Gasteiger partial charge in [0.15, 0.2) is 0 Å². The molecule has 145 heavy (non-hydrogen) atoms. The minimum atomic E-state index is 0.911. The van der Waals surface area contributed by atoms with E-state index in [4.69, 9.17) is 4.42 Å². The molecule has 0 aliphatic rings. The Morgan fingerprint density at radius 3 is 0.766 bits per heavy atom. The number of aromatic nitrogens is 6. The molecule has 0 aliphatic carbocycles. The minimum absolute atomic E-state index is 0.911. The fourth-order valence-corrected chi connectivity index (χ4v) is 23.4. The molecule has 0 aliphatic heterocycles. The van der Waals surface area contributed by atoms with E-state index in [0.717, 1.165) is 67.2 Å². The predicted molar refractivity (Wildman–Crippen MR) is 612 cm³/mol. The van der Waals surface area contributed by atoms with Crippen LogP contribution in [0.4, 0.5) is 0 Å². The van der Waals surface area contributed by atoms with Crippen LogP contribution in [0, 0.1) is 0 Å². The molecule has 0 N–H and O–H groups in total. The van der Waals surface area contributed by atoms with Crippen LogP contribution in [0.5, 0.6) is 0 Å². The molecule has 7 aromatic heterocycles. The van der Waals surface area contributed by atoms with Crippen LogP contribution in [0.15, 0.2) is 538 Å². The molecule has 0 saturated carbocycles. The van der Waals surface area contributed by atoms with Crippen LogP contribution in [0.2, 0.25) is 0 Å². The summed E-state index contributed by atoms with van der Waals surface area (Å²) in [6, 6.07) is 194. The first-order valence-electron chi connectivity index (χ1n) is 49.8. The summed E-state index contributed by atoms with van der Waals surface area (Å²) in [5.74, 6) is 0. The van der Waals surface area contributed by atoms with Gasteiger partial charge in [-0.2, -0.15) is 0 Å². The topological polar surface area (TPSA) is 42.7 Å². The van der Waals surface area contributed by atoms with Crippen LogP contribution in [0.3, 0.4) is 0 Å². The van der Waals surface area contributed by atoms with Crippen LogP contribution in [0.25, 0.3) is 275 Å². The number of para-hydroxylation sites is 8. The number of nitrogens with zero attached hydrogens (tertiary/aromatic N) is 6. The standard InChI is InChI=1S/C46H28N2O.2C46H30N2/c1-2-15-32(16-3-1)47-42-26-30-13-5-4-12-29(30)25-38(42)40-27-39-35-18-6-8-22-41(35)48(43(39)28-44(40)47)33-17-10-14-31(24-33)34-20-11-21-37-36-19-7-9-23-45(36)49-46(34)37;1-4-14-31(15-5-1)35-24-36(32-16-6-2-7-17-32)26-38(25-35)48-43-23-13-12-22-39(43)41-29-42-40-27-33-18-10-11-19-34(33)28-44(40)47(46(42)30-45(41)48)37-20-8-3-9-21-37;1-3-14-31(15-4-1)37-22-9-10-23-38(37)34-18-13-21-36(26-34)48-43-25-12-11-24-39(43)41-29-42-40-27-32-16-7-8-17-33(32)28-44(40)47(46(42)30-45(41)48)35-19-5-2-6-20-35/h1-28H;2*1-30H. The number of rotatable bonds is 11. The number of hydrogen-bond acceptors (Lipinski definition) is 1. The zero-order chi connectivity index (χ0) is 95.3. The van der Waals surface area contributed by atoms with Gasteiger partial charge in [0.1, 0.15) is 11.2 Å². The second-order valence-corrected chi connectivity index (χ2v) is 38.2. The van der Waals surface area contributed by atoms with Crippen LogP contribution >= 0.6 is 0 Å². The molecule has 7 heterocycles. The van der Waals surface area contributed by atoms with Crippen molar-refractivity contribution in [2.45, 2.75) is 0 Å². The van der Waals surface area contributed by atoms with E-state index < -0.39 is 0 Å². The molecule has 0 radical (unpaired) electrons. The Morgan fingerprint density at radius 2 is 0.366 bits per heavy atom. The fraction of sp³-hybridized carbons (Fsp3) is 0. The van der Waals surface area contributed by atoms with Gasteiger partial charge in [0.2, 0.25) is 0 Å². The molecule has 0 spiro atoms. The highest BCUT2D eigenvalue weighted by molar-refractivity contribution is 6.25. The Balaban J connectivity index is 0.000000103. The normalized spacial score (nSPS) is 11.9. The van der Waals surface area contributed by atoms with E-state index in [1.807, 2.05) is 12.1 Å². The molecule has 7 heteroatoms. The van der Waals surface area contributed by atoms with E-state index >= 15 is 0 Å². The van der Waals surface area contributed by atoms with Gasteiger partial charge in [-0.3, -0.25) is 0 Å². The summed E-state index contributed by atoms with van der Waals surface area (Å²) in [7, 11) is 0. The Morgan fingerprint density at radius 1 is 0.117 bits per heavy atom. The third-order valence-corrected chi connectivity index (χ3v) is 30.0. The molecule has 7 nitrogen and oxygen atoms in total. The number of fused-ring (bicyclic) bond motifs is 24. The van der Waals surface area contributed by atoms with E-state index in [1.54, 1.807) is 0 Å². The lowest BCUT2D eigenvalue weighted by Gasteiger charge is -2.14. The third-order valence-electron chi connectivity index (χ3n) is 30.0. The molecule has 0 amide bonds. The molecule has 31 rings (SSSR count). The second kappa shape index (κ2) is 33.7. The van der Waals surface area contributed by atoms with Gasteiger partial charge in [-0.25, -0.2) is 0 Å². The van der Waals surface area contributed by atoms with Gasteiger partial charge >= 0.3 is 0 Å². The zero-order valence-electron chi connectivity index (χ0n) is 78.9. The Hall–Kier alpha value is -19.3. The van der Waals surface area contributed by atoms with Crippen molar-refractivity contribution in [1.29, 1.82) is 0 Å². The molecule has 0 bridgehead atoms. The molecule has 0 fully saturated rings. The average Bonchev–Trinajstić information content (AvgIpc) is 1.56. The quantitative estimate of drug-likeness (QED) is 0.127. The largest absolute Gasteiger partial charge is 0.455 e. The molecule has 0 unspecified atom stereocenters. The molecule has 24 aromatic carbocycles. The smallest absolute Gasteiger partial charge is 0.143 e. The van der Waals surface area contributed by atoms with Crippen molar-refractivity contribution in [2.24, 2.45) is 0 Å². The van der Waals surface area contributed by atoms with Crippen LogP contribution in [0.1, 0.15) is 0 Å². The van der Waals surface area contributed by atoms with Gasteiger partial charge in [0.25, 0.3) is 0 Å². The van der Waals surface area contributed by atoms with Gasteiger partial charge in [-0.15, -0.1) is 0 Å². The van der Waals surface area contributed by atoms with E-state index in [2.05, 4.69) is 549 Å². The molecule has 0 saturated heterocycles. The van der Waals surface area contributed by atoms with Gasteiger partial charge in [0.05, 0.1) is 66.2 Å². The number of furan rings is 1. The van der Waals surface area contributed by atoms with Crippen molar-refractivity contribution >= 4 is 185 Å². The molecule has 31 aromatic rings. The van der Waals surface area contributed by atoms with Gasteiger partial charge < -0.3 is 31.8 Å². The Kier molecular flexibility index (Phi) is 19.3. The second-order valence-electron chi connectivity index (χ2n) is 38.2. The summed E-state index contributed by atoms with van der Waals surface area (Å²) < 4.78 is 21.1. The third kappa shape index (κ3) is 13.7. The molecular formula is C138H88N6O. The van der Waals surface area contributed by atoms with Crippen LogP contribution in [-0.4, -0.2) is 27.4 Å². The summed E-state index contributed by atoms with van der Waals surface area (Å²) in [6.45, 7) is 0. The lowest BCUT2D eigenvalue weighted by molar-refractivity contribution is 0.670. The summed E-state index contributed by atoms with van der Waals surface area (Å²) in [5.41, 5.74) is 35.0. The highest BCUT2D eigenvalue weighted by atomic mass is 16.3. The maximum Gasteiger partial charge on any atom is 0.143 e. The van der Waals surface area contributed by atoms with Gasteiger partial charge in [-0.05, 0) is 258 Å². The minimum Gasteiger partial charge on any atom is -0.455 e. The maximum absolute atomic E-state index is 6.46. The maximum atomic E-state index is 6.46. The monoisotopic (exact) mass is 1840 g/mol. The highest BCUT2D eigenvalue weighted by Crippen LogP contribution is 2.49. The van der Waals surface area contributed by atoms with E-state index in [1.165, 1.54) is 208 Å². The molecular weight excluding hydrogens is 1760 g/mol. The van der Waals surface area contributed by atoms with Gasteiger partial charge in [-0.1, -0.05) is 358 Å². The fourth-order valence-electron chi connectivity index (χ4n) is 23.4. The van der Waals surface area contributed by atoms with E-state index in [0.29, 0.717) is 0 Å². The average molecular weight is 1850 g/mol. The van der Waals surface area contributed by atoms with Crippen LogP contribution < -0.4 is 0 Å². The number of benzene rings is 24. The van der Waals surface area contributed by atoms with Crippen molar-refractivity contribution in [3.63, 3.8) is 0 Å². The highest BCUT2D eigenvalue weighted by Gasteiger charge is 2.27. The summed E-state index contributed by atoms with van der Waals surface area (Å²) in [6.07, 6.45) is 0. The predicted octanol–water partition coefficient (Wildman–Crippen LogP) is 37.3. The first-order valence-corrected chi connectivity index (χ1v) is 49.8. The SMILES string of the molecule is c1ccc(-c2cc(-c3ccccc3)cc(-n3c4ccccc4c4cc5c6cc7ccccc7cc6n(-c6ccccc6)c5cc43)c2)cc1.c1ccc(-c2ccccc2-c2cccc(-n3c4ccccc4c4cc5c6cc7ccccc7cc6n(-c6ccccc6)c5cc43)c2)cc1.c1ccc(-n2c3cc4ccccc4cc3c3cc4c5ccccc5n(-c5cccc(-c6cccc7c6oc6ccccc67)c5)c4cc32)cc1. The van der Waals surface area contributed by atoms with Crippen molar-refractivity contribution < 1.29 is 4.42 Å². The Labute approximate surface area is 834 Å². The zero-order valence-corrected chi connectivity index (χ0v) is 78.9. The van der Waals surface area contributed by atoms with E-state index in [-0.39, 0.29) is 0 Å². The van der Waals surface area contributed by atoms with Crippen molar-refractivity contribution in [3.8, 4) is 89.8 Å². The number of hydrogen-bond donors (Lipinski definition) is 0. The lowest BCUT2D eigenvalue weighted by Crippen LogP contribution is -1.97. The first-order chi connectivity index (χ1) is 71.9. The van der Waals surface area contributed by atoms with Crippen LogP contribution in [-0.2, 0) is 0 Å². The van der Waals surface area contributed by atoms with Crippen molar-refractivity contribution in [1.82, 2.24) is 27.4 Å². The van der Waals surface area contributed by atoms with Crippen molar-refractivity contribution in [2.75, 3.05) is 0 Å². The summed E-state index contributed by atoms with van der Waals surface area (Å²) >= 11 is 0. The molecule has 0 atom stereocenters. The van der Waals surface area contributed by atoms with E-state index in [9.17, 15) is 0 Å². The first kappa shape index (κ1) is 82.7. The summed E-state index contributed by atoms with van der Waals surface area (Å²) in [4.78, 5) is 0. The van der Waals surface area contributed by atoms with Crippen molar-refractivity contribution in [3.05, 3.63) is 534 Å². The Bertz CT molecular complexity index is 10600. The van der Waals surface area contributed by atoms with Gasteiger partial charge in [0, 0.05) is 115 Å². The lowest BCUT2D eigenvalue weighted by atomic mass is 9.94.